The molecule has 0 N–H and O–H groups in total. The van der Waals surface area contributed by atoms with Gasteiger partial charge >= 0.3 is 5.97 Å². The number of nitrogens with zero attached hydrogens (tertiary/aromatic N) is 1. The number of esters is 1. The Bertz CT molecular complexity index is 339. The zero-order valence-corrected chi connectivity index (χ0v) is 9.78. The number of hydrogen-bond donors (Lipinski definition) is 0. The van der Waals surface area contributed by atoms with E-state index >= 15 is 0 Å². The molecule has 1 aliphatic heterocycles. The molecule has 0 spiro atoms. The first-order valence-electron chi connectivity index (χ1n) is 4.50. The molecule has 1 fully saturated rings. The second-order valence-electron chi connectivity index (χ2n) is 3.64. The van der Waals surface area contributed by atoms with Crippen LogP contribution in [0.15, 0.2) is 0 Å². The van der Waals surface area contributed by atoms with Crippen molar-refractivity contribution >= 4 is 16.1 Å². The Kier molecular flexibility index (Phi) is 3.69. The molecule has 88 valence electrons. The van der Waals surface area contributed by atoms with Gasteiger partial charge in [-0.2, -0.15) is 8.42 Å². The first-order valence-corrected chi connectivity index (χ1v) is 6.31. The molecule has 0 aromatic heterocycles. The number of carbonyl (C=O) groups excluding carboxylic acids is 1. The fourth-order valence-electron chi connectivity index (χ4n) is 1.68. The summed E-state index contributed by atoms with van der Waals surface area (Å²) in [5.74, 6) is -0.364. The van der Waals surface area contributed by atoms with E-state index in [9.17, 15) is 13.2 Å². The summed E-state index contributed by atoms with van der Waals surface area (Å²) in [6.07, 6.45) is 0.878. The Balaban J connectivity index is 2.60. The maximum absolute atomic E-state index is 11.3. The second kappa shape index (κ2) is 4.46. The van der Waals surface area contributed by atoms with Gasteiger partial charge < -0.3 is 4.74 Å². The average Bonchev–Trinajstić information content (AvgIpc) is 2.42. The molecule has 0 aliphatic carbocycles. The zero-order chi connectivity index (χ0) is 11.6. The van der Waals surface area contributed by atoms with Gasteiger partial charge in [0.2, 0.25) is 0 Å². The third kappa shape index (κ3) is 3.44. The van der Waals surface area contributed by atoms with Crippen molar-refractivity contribution in [2.45, 2.75) is 18.6 Å². The highest BCUT2D eigenvalue weighted by atomic mass is 32.2. The highest BCUT2D eigenvalue weighted by Crippen LogP contribution is 2.20. The van der Waals surface area contributed by atoms with Gasteiger partial charge in [0.05, 0.1) is 19.5 Å². The standard InChI is InChI=1S/C8H15NO5S/c1-9-5-6(14-15(3,11)12)4-7(9)8(10)13-2/h6-7H,4-5H2,1-3H3/t6-,7-/m1/s1. The molecule has 1 heterocycles. The Morgan fingerprint density at radius 1 is 1.47 bits per heavy atom. The van der Waals surface area contributed by atoms with Crippen LogP contribution in [-0.4, -0.2) is 58.4 Å². The van der Waals surface area contributed by atoms with Gasteiger partial charge in [0.25, 0.3) is 10.1 Å². The van der Waals surface area contributed by atoms with E-state index in [1.807, 2.05) is 0 Å². The van der Waals surface area contributed by atoms with Gasteiger partial charge in [-0.15, -0.1) is 0 Å². The maximum Gasteiger partial charge on any atom is 0.323 e. The monoisotopic (exact) mass is 237 g/mol. The summed E-state index contributed by atoms with van der Waals surface area (Å²) < 4.78 is 31.2. The van der Waals surface area contributed by atoms with E-state index < -0.39 is 22.3 Å². The highest BCUT2D eigenvalue weighted by molar-refractivity contribution is 7.86. The Hall–Kier alpha value is -0.660. The van der Waals surface area contributed by atoms with Crippen molar-refractivity contribution in [1.82, 2.24) is 4.90 Å². The lowest BCUT2D eigenvalue weighted by atomic mass is 10.2. The molecule has 6 nitrogen and oxygen atoms in total. The first-order chi connectivity index (χ1) is 6.83. The molecule has 1 rings (SSSR count). The number of hydrogen-bond acceptors (Lipinski definition) is 6. The molecule has 0 radical (unpaired) electrons. The lowest BCUT2D eigenvalue weighted by Crippen LogP contribution is -2.33. The van der Waals surface area contributed by atoms with Crippen LogP contribution in [0.4, 0.5) is 0 Å². The van der Waals surface area contributed by atoms with Gasteiger partial charge in [0.1, 0.15) is 6.04 Å². The van der Waals surface area contributed by atoms with Crippen molar-refractivity contribution in [2.75, 3.05) is 27.0 Å². The third-order valence-electron chi connectivity index (χ3n) is 2.29. The van der Waals surface area contributed by atoms with Gasteiger partial charge in [0.15, 0.2) is 0 Å². The van der Waals surface area contributed by atoms with Gasteiger partial charge in [-0.25, -0.2) is 0 Å². The van der Waals surface area contributed by atoms with E-state index in [1.54, 1.807) is 11.9 Å². The average molecular weight is 237 g/mol. The normalized spacial score (nSPS) is 27.9. The molecule has 7 heteroatoms. The van der Waals surface area contributed by atoms with Gasteiger partial charge in [-0.05, 0) is 7.05 Å². The van der Waals surface area contributed by atoms with Crippen LogP contribution < -0.4 is 0 Å². The molecule has 0 amide bonds. The number of rotatable bonds is 3. The molecule has 0 aromatic carbocycles. The first kappa shape index (κ1) is 12.4. The molecule has 1 saturated heterocycles. The molecular weight excluding hydrogens is 222 g/mol. The molecular formula is C8H15NO5S. The fraction of sp³-hybridized carbons (Fsp3) is 0.875. The fourth-order valence-corrected chi connectivity index (χ4v) is 2.31. The van der Waals surface area contributed by atoms with E-state index in [0.29, 0.717) is 13.0 Å². The van der Waals surface area contributed by atoms with Gasteiger partial charge in [-0.1, -0.05) is 0 Å². The van der Waals surface area contributed by atoms with E-state index in [2.05, 4.69) is 4.74 Å². The highest BCUT2D eigenvalue weighted by Gasteiger charge is 2.37. The summed E-state index contributed by atoms with van der Waals surface area (Å²) in [7, 11) is -0.430. The summed E-state index contributed by atoms with van der Waals surface area (Å²) in [6.45, 7) is 0.410. The third-order valence-corrected chi connectivity index (χ3v) is 2.92. The molecule has 1 aliphatic rings. The van der Waals surface area contributed by atoms with Crippen molar-refractivity contribution in [3.63, 3.8) is 0 Å². The van der Waals surface area contributed by atoms with Crippen LogP contribution in [0.25, 0.3) is 0 Å². The number of likely N-dealkylation sites (tertiary alicyclic amines) is 1. The van der Waals surface area contributed by atoms with Crippen molar-refractivity contribution in [3.05, 3.63) is 0 Å². The predicted octanol–water partition coefficient (Wildman–Crippen LogP) is -0.792. The number of methoxy groups -OCH3 is 1. The van der Waals surface area contributed by atoms with Crippen molar-refractivity contribution in [2.24, 2.45) is 0 Å². The molecule has 2 atom stereocenters. The Morgan fingerprint density at radius 3 is 2.53 bits per heavy atom. The van der Waals surface area contributed by atoms with Crippen LogP contribution >= 0.6 is 0 Å². The van der Waals surface area contributed by atoms with Gasteiger partial charge in [-0.3, -0.25) is 13.9 Å². The van der Waals surface area contributed by atoms with Crippen LogP contribution in [0.2, 0.25) is 0 Å². The molecule has 0 aromatic rings. The van der Waals surface area contributed by atoms with Crippen molar-refractivity contribution < 1.29 is 22.1 Å². The second-order valence-corrected chi connectivity index (χ2v) is 5.24. The number of carbonyl (C=O) groups is 1. The van der Waals surface area contributed by atoms with Crippen molar-refractivity contribution in [3.8, 4) is 0 Å². The lowest BCUT2D eigenvalue weighted by molar-refractivity contribution is -0.145. The van der Waals surface area contributed by atoms with Crippen LogP contribution in [-0.2, 0) is 23.8 Å². The van der Waals surface area contributed by atoms with E-state index in [-0.39, 0.29) is 5.97 Å². The smallest absolute Gasteiger partial charge is 0.323 e. The SMILES string of the molecule is COC(=O)[C@H]1C[C@@H](OS(C)(=O)=O)CN1C. The lowest BCUT2D eigenvalue weighted by Gasteiger charge is -2.15. The molecule has 0 bridgehead atoms. The van der Waals surface area contributed by atoms with Crippen LogP contribution in [0.5, 0.6) is 0 Å². The van der Waals surface area contributed by atoms with Crippen molar-refractivity contribution in [1.29, 1.82) is 0 Å². The summed E-state index contributed by atoms with van der Waals surface area (Å²) in [4.78, 5) is 13.0. The van der Waals surface area contributed by atoms with Gasteiger partial charge in [0, 0.05) is 13.0 Å². The largest absolute Gasteiger partial charge is 0.468 e. The minimum absolute atomic E-state index is 0.343. The van der Waals surface area contributed by atoms with Crippen LogP contribution in [0, 0.1) is 0 Å². The topological polar surface area (TPSA) is 72.9 Å². The minimum Gasteiger partial charge on any atom is -0.468 e. The van der Waals surface area contributed by atoms with E-state index in [0.717, 1.165) is 6.26 Å². The minimum atomic E-state index is -3.47. The molecule has 15 heavy (non-hydrogen) atoms. The summed E-state index contributed by atoms with van der Waals surface area (Å²) >= 11 is 0. The van der Waals surface area contributed by atoms with Crippen LogP contribution in [0.1, 0.15) is 6.42 Å². The maximum atomic E-state index is 11.3. The zero-order valence-electron chi connectivity index (χ0n) is 8.97. The molecule has 0 saturated carbocycles. The Morgan fingerprint density at radius 2 is 2.07 bits per heavy atom. The Labute approximate surface area is 89.3 Å². The summed E-state index contributed by atoms with van der Waals surface area (Å²) in [6, 6.07) is -0.415. The van der Waals surface area contributed by atoms with E-state index in [4.69, 9.17) is 4.18 Å². The van der Waals surface area contributed by atoms with E-state index in [1.165, 1.54) is 7.11 Å². The number of likely N-dealkylation sites (N-methyl/N-ethyl adjacent to an activating group) is 1. The molecule has 0 unspecified atom stereocenters. The number of ether oxygens (including phenoxy) is 1. The predicted molar refractivity (Wildman–Crippen MR) is 52.8 cm³/mol. The quantitative estimate of drug-likeness (QED) is 0.473. The van der Waals surface area contributed by atoms with Crippen LogP contribution in [0.3, 0.4) is 0 Å². The summed E-state index contributed by atoms with van der Waals surface area (Å²) in [5, 5.41) is 0. The summed E-state index contributed by atoms with van der Waals surface area (Å²) in [5.41, 5.74) is 0.